The fourth-order valence-electron chi connectivity index (χ4n) is 1.54. The van der Waals surface area contributed by atoms with E-state index in [0.29, 0.717) is 24.5 Å². The van der Waals surface area contributed by atoms with Crippen molar-refractivity contribution in [3.63, 3.8) is 0 Å². The molecule has 0 fully saturated rings. The number of halogens is 1. The van der Waals surface area contributed by atoms with E-state index in [1.165, 1.54) is 7.11 Å². The first-order valence-electron chi connectivity index (χ1n) is 6.42. The summed E-state index contributed by atoms with van der Waals surface area (Å²) in [6.45, 7) is 0.470. The third-order valence-corrected chi connectivity index (χ3v) is 2.93. The summed E-state index contributed by atoms with van der Waals surface area (Å²) in [6, 6.07) is 7.19. The van der Waals surface area contributed by atoms with Gasteiger partial charge in [0.05, 0.1) is 7.11 Å². The number of carbonyl (C=O) groups excluding carboxylic acids is 2. The van der Waals surface area contributed by atoms with Crippen molar-refractivity contribution >= 4 is 29.3 Å². The van der Waals surface area contributed by atoms with Crippen LogP contribution in [0.25, 0.3) is 0 Å². The van der Waals surface area contributed by atoms with Crippen molar-refractivity contribution in [3.05, 3.63) is 29.8 Å². The molecule has 0 aliphatic heterocycles. The number of methoxy groups -OCH3 is 1. The predicted octanol–water partition coefficient (Wildman–Crippen LogP) is 2.89. The fraction of sp³-hybridized carbons (Fsp3) is 0.429. The summed E-state index contributed by atoms with van der Waals surface area (Å²) in [5.74, 6) is 0.606. The molecule has 0 saturated heterocycles. The first-order valence-corrected chi connectivity index (χ1v) is 6.95. The van der Waals surface area contributed by atoms with Gasteiger partial charge >= 0.3 is 6.09 Å². The van der Waals surface area contributed by atoms with E-state index >= 15 is 0 Å². The van der Waals surface area contributed by atoms with Crippen LogP contribution in [0, 0.1) is 0 Å². The van der Waals surface area contributed by atoms with E-state index in [-0.39, 0.29) is 5.91 Å². The highest BCUT2D eigenvalue weighted by atomic mass is 35.5. The molecule has 110 valence electrons. The molecule has 1 aromatic rings. The van der Waals surface area contributed by atoms with Crippen molar-refractivity contribution < 1.29 is 14.3 Å². The van der Waals surface area contributed by atoms with Crippen LogP contribution in [0.3, 0.4) is 0 Å². The molecule has 6 heteroatoms. The first kappa shape index (κ1) is 16.3. The molecule has 1 rings (SSSR count). The summed E-state index contributed by atoms with van der Waals surface area (Å²) in [4.78, 5) is 22.5. The number of ether oxygens (including phenoxy) is 1. The average Bonchev–Trinajstić information content (AvgIpc) is 2.46. The quantitative estimate of drug-likeness (QED) is 0.601. The Morgan fingerprint density at radius 2 is 1.90 bits per heavy atom. The van der Waals surface area contributed by atoms with Gasteiger partial charge < -0.3 is 10.1 Å². The second-order valence-electron chi connectivity index (χ2n) is 4.24. The molecule has 0 saturated carbocycles. The zero-order valence-electron chi connectivity index (χ0n) is 11.4. The molecule has 1 aromatic carbocycles. The van der Waals surface area contributed by atoms with Crippen LogP contribution in [0.5, 0.6) is 0 Å². The first-order chi connectivity index (χ1) is 9.65. The monoisotopic (exact) mass is 298 g/mol. The maximum Gasteiger partial charge on any atom is 0.411 e. The Morgan fingerprint density at radius 1 is 1.20 bits per heavy atom. The molecular formula is C14H19ClN2O3. The van der Waals surface area contributed by atoms with Crippen LogP contribution in [0.1, 0.15) is 24.8 Å². The normalized spacial score (nSPS) is 9.90. The largest absolute Gasteiger partial charge is 0.453 e. The lowest BCUT2D eigenvalue weighted by molar-refractivity contribution is -0.121. The van der Waals surface area contributed by atoms with E-state index < -0.39 is 6.09 Å². The molecule has 20 heavy (non-hydrogen) atoms. The highest BCUT2D eigenvalue weighted by molar-refractivity contribution is 6.17. The van der Waals surface area contributed by atoms with Gasteiger partial charge in [-0.05, 0) is 30.5 Å². The van der Waals surface area contributed by atoms with Crippen molar-refractivity contribution in [1.82, 2.24) is 5.32 Å². The van der Waals surface area contributed by atoms with Crippen LogP contribution < -0.4 is 10.6 Å². The van der Waals surface area contributed by atoms with Crippen LogP contribution in [0.4, 0.5) is 10.5 Å². The summed E-state index contributed by atoms with van der Waals surface area (Å²) in [6.07, 6.45) is 1.64. The van der Waals surface area contributed by atoms with Crippen molar-refractivity contribution in [2.75, 3.05) is 18.3 Å². The number of anilines is 1. The minimum atomic E-state index is -0.509. The fourth-order valence-corrected chi connectivity index (χ4v) is 1.73. The zero-order valence-corrected chi connectivity index (χ0v) is 12.2. The molecule has 0 aromatic heterocycles. The lowest BCUT2D eigenvalue weighted by Gasteiger charge is -2.07. The van der Waals surface area contributed by atoms with Crippen LogP contribution in [0.2, 0.25) is 0 Å². The second-order valence-corrected chi connectivity index (χ2v) is 4.61. The van der Waals surface area contributed by atoms with E-state index in [1.54, 1.807) is 12.1 Å². The summed E-state index contributed by atoms with van der Waals surface area (Å²) in [5, 5.41) is 5.39. The minimum absolute atomic E-state index is 0.0203. The molecule has 0 spiro atoms. The van der Waals surface area contributed by atoms with Gasteiger partial charge in [0.25, 0.3) is 0 Å². The van der Waals surface area contributed by atoms with Crippen molar-refractivity contribution in [1.29, 1.82) is 0 Å². The molecule has 2 N–H and O–H groups in total. The van der Waals surface area contributed by atoms with E-state index in [1.807, 2.05) is 12.1 Å². The number of carbonyl (C=O) groups is 2. The van der Waals surface area contributed by atoms with Crippen LogP contribution in [0.15, 0.2) is 24.3 Å². The molecule has 5 nitrogen and oxygen atoms in total. The van der Waals surface area contributed by atoms with Gasteiger partial charge in [-0.2, -0.15) is 0 Å². The highest BCUT2D eigenvalue weighted by Crippen LogP contribution is 2.09. The molecule has 2 amide bonds. The topological polar surface area (TPSA) is 67.4 Å². The molecule has 0 aliphatic carbocycles. The number of alkyl halides is 1. The Balaban J connectivity index is 2.34. The summed E-state index contributed by atoms with van der Waals surface area (Å²) < 4.78 is 4.49. The van der Waals surface area contributed by atoms with Crippen LogP contribution in [-0.4, -0.2) is 25.0 Å². The van der Waals surface area contributed by atoms with Crippen LogP contribution in [-0.2, 0) is 16.1 Å². The van der Waals surface area contributed by atoms with Gasteiger partial charge in [0.2, 0.25) is 5.91 Å². The number of hydrogen-bond donors (Lipinski definition) is 2. The molecule has 0 heterocycles. The molecule has 0 atom stereocenters. The van der Waals surface area contributed by atoms with Crippen molar-refractivity contribution in [2.45, 2.75) is 25.8 Å². The smallest absolute Gasteiger partial charge is 0.411 e. The molecule has 0 aliphatic rings. The van der Waals surface area contributed by atoms with Crippen molar-refractivity contribution in [3.8, 4) is 0 Å². The number of benzene rings is 1. The SMILES string of the molecule is COC(=O)Nc1ccc(CNC(=O)CCCCCl)cc1. The second kappa shape index (κ2) is 9.20. The Hall–Kier alpha value is -1.75. The van der Waals surface area contributed by atoms with Crippen molar-refractivity contribution in [2.24, 2.45) is 0 Å². The summed E-state index contributed by atoms with van der Waals surface area (Å²) in [7, 11) is 1.31. The van der Waals surface area contributed by atoms with Gasteiger partial charge in [0.15, 0.2) is 0 Å². The number of amides is 2. The maximum absolute atomic E-state index is 11.5. The standard InChI is InChI=1S/C14H19ClN2O3/c1-20-14(19)17-12-7-5-11(6-8-12)10-16-13(18)4-2-3-9-15/h5-8H,2-4,9-10H2,1H3,(H,16,18)(H,17,19). The number of unbranched alkanes of at least 4 members (excludes halogenated alkanes) is 1. The number of nitrogens with one attached hydrogen (secondary N) is 2. The molecule has 0 radical (unpaired) electrons. The van der Waals surface area contributed by atoms with Crippen LogP contribution >= 0.6 is 11.6 Å². The van der Waals surface area contributed by atoms with Gasteiger partial charge in [0, 0.05) is 24.5 Å². The van der Waals surface area contributed by atoms with E-state index in [9.17, 15) is 9.59 Å². The van der Waals surface area contributed by atoms with Gasteiger partial charge in [-0.15, -0.1) is 11.6 Å². The van der Waals surface area contributed by atoms with Gasteiger partial charge in [0.1, 0.15) is 0 Å². The lowest BCUT2D eigenvalue weighted by atomic mass is 10.2. The third-order valence-electron chi connectivity index (χ3n) is 2.66. The Kier molecular flexibility index (Phi) is 7.50. The number of hydrogen-bond acceptors (Lipinski definition) is 3. The van der Waals surface area contributed by atoms with E-state index in [0.717, 1.165) is 18.4 Å². The Morgan fingerprint density at radius 3 is 2.50 bits per heavy atom. The lowest BCUT2D eigenvalue weighted by Crippen LogP contribution is -2.22. The third kappa shape index (κ3) is 6.43. The summed E-state index contributed by atoms with van der Waals surface area (Å²) >= 11 is 5.55. The van der Waals surface area contributed by atoms with Gasteiger partial charge in [-0.25, -0.2) is 4.79 Å². The average molecular weight is 299 g/mol. The predicted molar refractivity (Wildman–Crippen MR) is 78.9 cm³/mol. The molecule has 0 unspecified atom stereocenters. The maximum atomic E-state index is 11.5. The van der Waals surface area contributed by atoms with E-state index in [2.05, 4.69) is 15.4 Å². The highest BCUT2D eigenvalue weighted by Gasteiger charge is 2.02. The molecular weight excluding hydrogens is 280 g/mol. The number of rotatable bonds is 7. The van der Waals surface area contributed by atoms with E-state index in [4.69, 9.17) is 11.6 Å². The molecule has 0 bridgehead atoms. The Bertz CT molecular complexity index is 435. The van der Waals surface area contributed by atoms with Gasteiger partial charge in [-0.3, -0.25) is 10.1 Å². The van der Waals surface area contributed by atoms with Gasteiger partial charge in [-0.1, -0.05) is 12.1 Å². The minimum Gasteiger partial charge on any atom is -0.453 e. The zero-order chi connectivity index (χ0) is 14.8. The Labute approximate surface area is 123 Å². The summed E-state index contributed by atoms with van der Waals surface area (Å²) in [5.41, 5.74) is 1.61.